The number of piperazine rings is 1. The lowest BCUT2D eigenvalue weighted by Gasteiger charge is -2.39. The van der Waals surface area contributed by atoms with Crippen molar-refractivity contribution in [2.24, 2.45) is 4.99 Å². The first-order valence-corrected chi connectivity index (χ1v) is 11.8. The molecule has 0 saturated carbocycles. The van der Waals surface area contributed by atoms with Crippen LogP contribution < -0.4 is 5.32 Å². The van der Waals surface area contributed by atoms with E-state index in [0.29, 0.717) is 5.91 Å². The SMILES string of the molecule is CCNC(=NCCc1sc(C)nc1C)N1CCN(C(C)C(=O)N2CCCC2)CC1.I. The topological polar surface area (TPSA) is 64.1 Å². The molecule has 2 fully saturated rings. The summed E-state index contributed by atoms with van der Waals surface area (Å²) in [5, 5.41) is 4.57. The van der Waals surface area contributed by atoms with Crippen LogP contribution in [0.4, 0.5) is 0 Å². The van der Waals surface area contributed by atoms with Crippen molar-refractivity contribution in [2.45, 2.75) is 53.0 Å². The van der Waals surface area contributed by atoms with Crippen LogP contribution in [0.2, 0.25) is 0 Å². The number of thiazole rings is 1. The van der Waals surface area contributed by atoms with Crippen molar-refractivity contribution in [1.29, 1.82) is 0 Å². The Hall–Kier alpha value is -0.940. The van der Waals surface area contributed by atoms with Crippen molar-refractivity contribution >= 4 is 47.2 Å². The number of nitrogens with zero attached hydrogens (tertiary/aromatic N) is 5. The van der Waals surface area contributed by atoms with Crippen LogP contribution in [0.15, 0.2) is 4.99 Å². The van der Waals surface area contributed by atoms with Gasteiger partial charge in [-0.2, -0.15) is 0 Å². The number of carbonyl (C=O) groups is 1. The van der Waals surface area contributed by atoms with Gasteiger partial charge < -0.3 is 15.1 Å². The minimum Gasteiger partial charge on any atom is -0.357 e. The maximum absolute atomic E-state index is 12.7. The van der Waals surface area contributed by atoms with Crippen molar-refractivity contribution in [1.82, 2.24) is 25.0 Å². The Morgan fingerprint density at radius 1 is 1.13 bits per heavy atom. The van der Waals surface area contributed by atoms with Crippen molar-refractivity contribution in [2.75, 3.05) is 52.4 Å². The highest BCUT2D eigenvalue weighted by Crippen LogP contribution is 2.18. The zero-order chi connectivity index (χ0) is 20.8. The molecule has 30 heavy (non-hydrogen) atoms. The van der Waals surface area contributed by atoms with E-state index < -0.39 is 0 Å². The second-order valence-electron chi connectivity index (χ2n) is 7.96. The molecule has 0 radical (unpaired) electrons. The predicted octanol–water partition coefficient (Wildman–Crippen LogP) is 2.51. The molecule has 2 aliphatic heterocycles. The first-order valence-electron chi connectivity index (χ1n) is 11.0. The molecule has 1 unspecified atom stereocenters. The smallest absolute Gasteiger partial charge is 0.239 e. The van der Waals surface area contributed by atoms with E-state index in [1.807, 2.05) is 4.90 Å². The lowest BCUT2D eigenvalue weighted by Crippen LogP contribution is -2.57. The number of aromatic nitrogens is 1. The van der Waals surface area contributed by atoms with Gasteiger partial charge in [0.1, 0.15) is 0 Å². The van der Waals surface area contributed by atoms with Crippen molar-refractivity contribution < 1.29 is 4.79 Å². The number of likely N-dealkylation sites (tertiary alicyclic amines) is 1. The average molecular weight is 549 g/mol. The third-order valence-electron chi connectivity index (χ3n) is 5.87. The van der Waals surface area contributed by atoms with Gasteiger partial charge in [-0.25, -0.2) is 4.98 Å². The van der Waals surface area contributed by atoms with E-state index in [4.69, 9.17) is 4.99 Å². The van der Waals surface area contributed by atoms with Gasteiger partial charge in [-0.15, -0.1) is 35.3 Å². The number of aryl methyl sites for hydroxylation is 2. The second kappa shape index (κ2) is 12.2. The van der Waals surface area contributed by atoms with Gasteiger partial charge in [0, 0.05) is 63.7 Å². The van der Waals surface area contributed by atoms with Crippen LogP contribution in [0, 0.1) is 13.8 Å². The monoisotopic (exact) mass is 548 g/mol. The lowest BCUT2D eigenvalue weighted by molar-refractivity contribution is -0.135. The van der Waals surface area contributed by atoms with Gasteiger partial charge in [-0.1, -0.05) is 0 Å². The molecule has 9 heteroatoms. The first-order chi connectivity index (χ1) is 14.0. The molecular formula is C21H37IN6OS. The Balaban J connectivity index is 0.00000320. The molecule has 3 rings (SSSR count). The Kier molecular flexibility index (Phi) is 10.3. The van der Waals surface area contributed by atoms with E-state index in [2.05, 4.69) is 47.8 Å². The van der Waals surface area contributed by atoms with E-state index in [1.165, 1.54) is 4.88 Å². The molecular weight excluding hydrogens is 511 g/mol. The summed E-state index contributed by atoms with van der Waals surface area (Å²) in [5.41, 5.74) is 1.14. The zero-order valence-corrected chi connectivity index (χ0v) is 22.0. The van der Waals surface area contributed by atoms with Gasteiger partial charge in [-0.3, -0.25) is 14.7 Å². The molecule has 2 saturated heterocycles. The Morgan fingerprint density at radius 3 is 2.37 bits per heavy atom. The minimum atomic E-state index is -0.0210. The number of aliphatic imine (C=N–C) groups is 1. The average Bonchev–Trinajstić information content (AvgIpc) is 3.36. The summed E-state index contributed by atoms with van der Waals surface area (Å²) in [6, 6.07) is -0.0210. The molecule has 1 aromatic heterocycles. The number of guanidine groups is 1. The number of amides is 1. The van der Waals surface area contributed by atoms with Crippen molar-refractivity contribution in [3.8, 4) is 0 Å². The Bertz CT molecular complexity index is 710. The summed E-state index contributed by atoms with van der Waals surface area (Å²) >= 11 is 1.77. The second-order valence-corrected chi connectivity index (χ2v) is 9.25. The third kappa shape index (κ3) is 6.53. The fraction of sp³-hybridized carbons (Fsp3) is 0.762. The first kappa shape index (κ1) is 25.3. The van der Waals surface area contributed by atoms with Crippen LogP contribution in [-0.4, -0.2) is 90.0 Å². The molecule has 0 spiro atoms. The highest BCUT2D eigenvalue weighted by Gasteiger charge is 2.30. The van der Waals surface area contributed by atoms with Crippen LogP contribution in [0.1, 0.15) is 42.3 Å². The Morgan fingerprint density at radius 2 is 1.80 bits per heavy atom. The Labute approximate surface area is 202 Å². The van der Waals surface area contributed by atoms with Gasteiger partial charge in [0.2, 0.25) is 5.91 Å². The van der Waals surface area contributed by atoms with E-state index in [9.17, 15) is 4.79 Å². The molecule has 0 aliphatic carbocycles. The van der Waals surface area contributed by atoms with Crippen LogP contribution in [0.3, 0.4) is 0 Å². The number of hydrogen-bond donors (Lipinski definition) is 1. The molecule has 170 valence electrons. The number of carbonyl (C=O) groups excluding carboxylic acids is 1. The summed E-state index contributed by atoms with van der Waals surface area (Å²) in [7, 11) is 0. The number of nitrogens with one attached hydrogen (secondary N) is 1. The standard InChI is InChI=1S/C21H36N6OS.HI/c1-5-22-21(23-9-8-19-16(2)24-18(4)29-19)27-14-12-25(13-15-27)17(3)20(28)26-10-6-7-11-26;/h17H,5-15H2,1-4H3,(H,22,23);1H. The summed E-state index contributed by atoms with van der Waals surface area (Å²) in [6.45, 7) is 15.4. The van der Waals surface area contributed by atoms with E-state index in [1.54, 1.807) is 11.3 Å². The van der Waals surface area contributed by atoms with E-state index in [0.717, 1.165) is 88.3 Å². The number of hydrogen-bond acceptors (Lipinski definition) is 5. The molecule has 1 amide bonds. The molecule has 0 bridgehead atoms. The fourth-order valence-corrected chi connectivity index (χ4v) is 5.10. The highest BCUT2D eigenvalue weighted by atomic mass is 127. The minimum absolute atomic E-state index is 0. The van der Waals surface area contributed by atoms with Crippen LogP contribution in [0.5, 0.6) is 0 Å². The fourth-order valence-electron chi connectivity index (χ4n) is 4.17. The zero-order valence-electron chi connectivity index (χ0n) is 18.8. The van der Waals surface area contributed by atoms with E-state index in [-0.39, 0.29) is 30.0 Å². The lowest BCUT2D eigenvalue weighted by atomic mass is 10.2. The molecule has 3 heterocycles. The summed E-state index contributed by atoms with van der Waals surface area (Å²) in [6.07, 6.45) is 3.23. The summed E-state index contributed by atoms with van der Waals surface area (Å²) in [4.78, 5) is 30.1. The largest absolute Gasteiger partial charge is 0.357 e. The van der Waals surface area contributed by atoms with Gasteiger partial charge >= 0.3 is 0 Å². The molecule has 2 aliphatic rings. The maximum Gasteiger partial charge on any atom is 0.239 e. The molecule has 1 N–H and O–H groups in total. The molecule has 0 aromatic carbocycles. The van der Waals surface area contributed by atoms with Crippen LogP contribution in [-0.2, 0) is 11.2 Å². The third-order valence-corrected chi connectivity index (χ3v) is 7.00. The maximum atomic E-state index is 12.7. The predicted molar refractivity (Wildman–Crippen MR) is 135 cm³/mol. The van der Waals surface area contributed by atoms with Crippen molar-refractivity contribution in [3.63, 3.8) is 0 Å². The van der Waals surface area contributed by atoms with Gasteiger partial charge in [0.05, 0.1) is 16.7 Å². The molecule has 7 nitrogen and oxygen atoms in total. The molecule has 1 atom stereocenters. The normalized spacial score (nSPS) is 19.0. The summed E-state index contributed by atoms with van der Waals surface area (Å²) in [5.74, 6) is 1.29. The quantitative estimate of drug-likeness (QED) is 0.337. The van der Waals surface area contributed by atoms with Gasteiger partial charge in [0.15, 0.2) is 5.96 Å². The number of halogens is 1. The van der Waals surface area contributed by atoms with Gasteiger partial charge in [-0.05, 0) is 40.5 Å². The van der Waals surface area contributed by atoms with Crippen LogP contribution in [0.25, 0.3) is 0 Å². The van der Waals surface area contributed by atoms with E-state index >= 15 is 0 Å². The van der Waals surface area contributed by atoms with Gasteiger partial charge in [0.25, 0.3) is 0 Å². The highest BCUT2D eigenvalue weighted by molar-refractivity contribution is 14.0. The van der Waals surface area contributed by atoms with Crippen LogP contribution >= 0.6 is 35.3 Å². The summed E-state index contributed by atoms with van der Waals surface area (Å²) < 4.78 is 0. The van der Waals surface area contributed by atoms with Crippen molar-refractivity contribution in [3.05, 3.63) is 15.6 Å². The molecule has 1 aromatic rings. The number of rotatable bonds is 6.